The van der Waals surface area contributed by atoms with Gasteiger partial charge >= 0.3 is 0 Å². The fourth-order valence-corrected chi connectivity index (χ4v) is 5.22. The lowest BCUT2D eigenvalue weighted by atomic mass is 10.0. The molecule has 0 atom stereocenters. The molecule has 0 saturated heterocycles. The molecule has 39 heavy (non-hydrogen) atoms. The van der Waals surface area contributed by atoms with E-state index in [-0.39, 0.29) is 22.0 Å². The van der Waals surface area contributed by atoms with Crippen molar-refractivity contribution in [3.63, 3.8) is 0 Å². The molecule has 0 radical (unpaired) electrons. The van der Waals surface area contributed by atoms with Crippen LogP contribution < -0.4 is 10.1 Å². The third-order valence-corrected chi connectivity index (χ3v) is 7.41. The first kappa shape index (κ1) is 28.3. The molecule has 4 rings (SSSR count). The summed E-state index contributed by atoms with van der Waals surface area (Å²) in [6.45, 7) is 3.88. The molecule has 0 aliphatic carbocycles. The summed E-state index contributed by atoms with van der Waals surface area (Å²) in [5, 5.41) is 23.5. The topological polar surface area (TPSA) is 138 Å². The van der Waals surface area contributed by atoms with Crippen LogP contribution in [0.2, 0.25) is 10.0 Å². The first-order chi connectivity index (χ1) is 18.5. The van der Waals surface area contributed by atoms with Crippen LogP contribution in [0.4, 0.5) is 17.1 Å². The first-order valence-corrected chi connectivity index (χ1v) is 13.9. The van der Waals surface area contributed by atoms with Crippen molar-refractivity contribution in [2.24, 2.45) is 10.2 Å². The molecule has 0 aromatic heterocycles. The maximum absolute atomic E-state index is 13.3. The van der Waals surface area contributed by atoms with Crippen molar-refractivity contribution in [3.05, 3.63) is 81.8 Å². The van der Waals surface area contributed by atoms with E-state index in [1.165, 1.54) is 18.2 Å². The number of hydrogen-bond acceptors (Lipinski definition) is 7. The molecule has 0 bridgehead atoms. The van der Waals surface area contributed by atoms with E-state index in [9.17, 15) is 22.9 Å². The number of azo groups is 1. The predicted molar refractivity (Wildman–Crippen MR) is 151 cm³/mol. The Morgan fingerprint density at radius 3 is 2.44 bits per heavy atom. The number of nitrogens with zero attached hydrogens (tertiary/aromatic N) is 2. The lowest BCUT2D eigenvalue weighted by Crippen LogP contribution is -2.13. The second kappa shape index (κ2) is 11.6. The SMILES string of the molecule is CCOc1c(Cl)cccc1NC(=O)c1cc2ccccc2c(N=Nc2cc(Cl)c(S(=O)(=O)O)cc2CC)c1O. The Hall–Kier alpha value is -3.70. The number of nitrogens with one attached hydrogen (secondary N) is 1. The largest absolute Gasteiger partial charge is 0.505 e. The molecule has 202 valence electrons. The third kappa shape index (κ3) is 5.99. The second-order valence-electron chi connectivity index (χ2n) is 8.29. The van der Waals surface area contributed by atoms with Crippen LogP contribution in [0.25, 0.3) is 10.8 Å². The normalized spacial score (nSPS) is 11.7. The van der Waals surface area contributed by atoms with Gasteiger partial charge in [-0.05, 0) is 54.6 Å². The number of halogens is 2. The van der Waals surface area contributed by atoms with Gasteiger partial charge in [0.1, 0.15) is 10.6 Å². The van der Waals surface area contributed by atoms with Gasteiger partial charge in [-0.25, -0.2) is 0 Å². The molecule has 0 spiro atoms. The van der Waals surface area contributed by atoms with Gasteiger partial charge in [-0.15, -0.1) is 5.11 Å². The Morgan fingerprint density at radius 1 is 1.00 bits per heavy atom. The van der Waals surface area contributed by atoms with Gasteiger partial charge in [0.15, 0.2) is 11.5 Å². The number of phenols is 1. The number of ether oxygens (including phenoxy) is 1. The Morgan fingerprint density at radius 2 is 1.74 bits per heavy atom. The fraction of sp³-hybridized carbons (Fsp3) is 0.148. The monoisotopic (exact) mass is 587 g/mol. The van der Waals surface area contributed by atoms with Gasteiger partial charge in [-0.3, -0.25) is 9.35 Å². The number of para-hydroxylation sites is 1. The standard InChI is InChI=1S/C27H23Cl2N3O6S/c1-3-15-13-23(39(35,36)37)20(29)14-22(15)31-32-24-17-9-6-5-8-16(17)12-18(25(24)33)27(34)30-21-11-7-10-19(28)26(21)38-4-2/h5-14,33H,3-4H2,1-2H3,(H,30,34)(H,35,36,37). The maximum Gasteiger partial charge on any atom is 0.296 e. The van der Waals surface area contributed by atoms with E-state index in [1.807, 2.05) is 0 Å². The minimum atomic E-state index is -4.54. The van der Waals surface area contributed by atoms with E-state index in [2.05, 4.69) is 15.5 Å². The maximum atomic E-state index is 13.3. The van der Waals surface area contributed by atoms with Crippen molar-refractivity contribution in [2.75, 3.05) is 11.9 Å². The van der Waals surface area contributed by atoms with Gasteiger partial charge in [0.25, 0.3) is 16.0 Å². The third-order valence-electron chi connectivity index (χ3n) is 5.79. The lowest BCUT2D eigenvalue weighted by molar-refractivity contribution is 0.102. The number of phenolic OH excluding ortho intramolecular Hbond substituents is 1. The predicted octanol–water partition coefficient (Wildman–Crippen LogP) is 7.73. The van der Waals surface area contributed by atoms with Crippen LogP contribution in [0.3, 0.4) is 0 Å². The van der Waals surface area contributed by atoms with Crippen LogP contribution in [0.1, 0.15) is 29.8 Å². The second-order valence-corrected chi connectivity index (χ2v) is 10.5. The van der Waals surface area contributed by atoms with Gasteiger partial charge in [0.2, 0.25) is 0 Å². The Kier molecular flexibility index (Phi) is 8.41. The molecule has 12 heteroatoms. The highest BCUT2D eigenvalue weighted by molar-refractivity contribution is 7.86. The average Bonchev–Trinajstić information content (AvgIpc) is 2.89. The van der Waals surface area contributed by atoms with Crippen LogP contribution in [0, 0.1) is 0 Å². The highest BCUT2D eigenvalue weighted by Crippen LogP contribution is 2.41. The van der Waals surface area contributed by atoms with Crippen molar-refractivity contribution < 1.29 is 27.6 Å². The molecule has 9 nitrogen and oxygen atoms in total. The number of amides is 1. The summed E-state index contributed by atoms with van der Waals surface area (Å²) < 4.78 is 38.3. The van der Waals surface area contributed by atoms with E-state index >= 15 is 0 Å². The van der Waals surface area contributed by atoms with Gasteiger partial charge in [-0.1, -0.05) is 60.5 Å². The van der Waals surface area contributed by atoms with Crippen LogP contribution >= 0.6 is 23.2 Å². The quantitative estimate of drug-likeness (QED) is 0.142. The summed E-state index contributed by atoms with van der Waals surface area (Å²) in [6.07, 6.45) is 0.352. The van der Waals surface area contributed by atoms with Crippen LogP contribution in [0.5, 0.6) is 11.5 Å². The van der Waals surface area contributed by atoms with Crippen molar-refractivity contribution in [3.8, 4) is 11.5 Å². The number of benzene rings is 4. The highest BCUT2D eigenvalue weighted by Gasteiger charge is 2.21. The molecule has 0 fully saturated rings. The van der Waals surface area contributed by atoms with E-state index in [4.69, 9.17) is 27.9 Å². The fourth-order valence-electron chi connectivity index (χ4n) is 3.94. The minimum absolute atomic E-state index is 0.0198. The van der Waals surface area contributed by atoms with Gasteiger partial charge < -0.3 is 15.2 Å². The summed E-state index contributed by atoms with van der Waals surface area (Å²) >= 11 is 12.3. The molecule has 0 unspecified atom stereocenters. The van der Waals surface area contributed by atoms with Gasteiger partial charge in [0.05, 0.1) is 33.6 Å². The summed E-state index contributed by atoms with van der Waals surface area (Å²) in [5.74, 6) is -0.756. The summed E-state index contributed by atoms with van der Waals surface area (Å²) in [5.41, 5.74) is 0.949. The minimum Gasteiger partial charge on any atom is -0.505 e. The number of fused-ring (bicyclic) bond motifs is 1. The molecule has 0 aliphatic rings. The number of carbonyl (C=O) groups is 1. The van der Waals surface area contributed by atoms with E-state index in [0.717, 1.165) is 0 Å². The molecular formula is C27H23Cl2N3O6S. The summed E-state index contributed by atoms with van der Waals surface area (Å²) in [7, 11) is -4.54. The zero-order chi connectivity index (χ0) is 28.3. The number of aryl methyl sites for hydroxylation is 1. The van der Waals surface area contributed by atoms with Crippen molar-refractivity contribution >= 4 is 67.1 Å². The van der Waals surface area contributed by atoms with Crippen LogP contribution in [0.15, 0.2) is 75.8 Å². The van der Waals surface area contributed by atoms with Crippen LogP contribution in [-0.2, 0) is 16.5 Å². The number of carbonyl (C=O) groups excluding carboxylic acids is 1. The molecule has 4 aromatic rings. The van der Waals surface area contributed by atoms with Crippen molar-refractivity contribution in [1.29, 1.82) is 0 Å². The highest BCUT2D eigenvalue weighted by atomic mass is 35.5. The average molecular weight is 588 g/mol. The smallest absolute Gasteiger partial charge is 0.296 e. The Balaban J connectivity index is 1.81. The molecule has 4 aromatic carbocycles. The molecular weight excluding hydrogens is 565 g/mol. The number of hydrogen-bond donors (Lipinski definition) is 3. The summed E-state index contributed by atoms with van der Waals surface area (Å²) in [6, 6.07) is 15.9. The lowest BCUT2D eigenvalue weighted by Gasteiger charge is -2.14. The zero-order valence-corrected chi connectivity index (χ0v) is 23.1. The van der Waals surface area contributed by atoms with Crippen molar-refractivity contribution in [2.45, 2.75) is 25.2 Å². The molecule has 0 saturated carbocycles. The van der Waals surface area contributed by atoms with Crippen molar-refractivity contribution in [1.82, 2.24) is 0 Å². The zero-order valence-electron chi connectivity index (χ0n) is 20.8. The molecule has 3 N–H and O–H groups in total. The van der Waals surface area contributed by atoms with E-state index in [0.29, 0.717) is 45.8 Å². The molecule has 0 aliphatic heterocycles. The van der Waals surface area contributed by atoms with E-state index in [1.54, 1.807) is 56.3 Å². The number of anilines is 1. The molecule has 0 heterocycles. The first-order valence-electron chi connectivity index (χ1n) is 11.7. The van der Waals surface area contributed by atoms with E-state index < -0.39 is 26.7 Å². The number of rotatable bonds is 8. The Labute approximate surface area is 234 Å². The van der Waals surface area contributed by atoms with Gasteiger partial charge in [0, 0.05) is 5.39 Å². The van der Waals surface area contributed by atoms with Crippen LogP contribution in [-0.4, -0.2) is 30.6 Å². The van der Waals surface area contributed by atoms with Gasteiger partial charge in [-0.2, -0.15) is 13.5 Å². The number of aromatic hydroxyl groups is 1. The Bertz CT molecular complexity index is 1720. The molecule has 1 amide bonds. The summed E-state index contributed by atoms with van der Waals surface area (Å²) in [4.78, 5) is 12.9.